The second-order valence-electron chi connectivity index (χ2n) is 5.22. The molecule has 0 saturated heterocycles. The summed E-state index contributed by atoms with van der Waals surface area (Å²) in [6.45, 7) is 2.33. The molecule has 3 aromatic rings. The van der Waals surface area contributed by atoms with Crippen LogP contribution in [0.4, 0.5) is 5.69 Å². The van der Waals surface area contributed by atoms with Crippen molar-refractivity contribution in [3.63, 3.8) is 0 Å². The highest BCUT2D eigenvalue weighted by Gasteiger charge is 2.19. The maximum absolute atomic E-state index is 12.8. The molecule has 0 radical (unpaired) electrons. The van der Waals surface area contributed by atoms with Crippen molar-refractivity contribution in [1.82, 2.24) is 9.55 Å². The largest absolute Gasteiger partial charge is 0.311 e. The number of rotatable bonds is 3. The van der Waals surface area contributed by atoms with E-state index in [0.717, 1.165) is 11.1 Å². The second kappa shape index (κ2) is 6.04. The minimum absolute atomic E-state index is 0.152. The highest BCUT2D eigenvalue weighted by atomic mass is 16.2. The molecule has 0 saturated carbocycles. The van der Waals surface area contributed by atoms with Gasteiger partial charge in [-0.2, -0.15) is 0 Å². The van der Waals surface area contributed by atoms with Crippen LogP contribution in [0.1, 0.15) is 17.3 Å². The van der Waals surface area contributed by atoms with Crippen molar-refractivity contribution in [3.05, 3.63) is 70.6 Å². The summed E-state index contributed by atoms with van der Waals surface area (Å²) >= 11 is 0. The summed E-state index contributed by atoms with van der Waals surface area (Å²) in [7, 11) is 1.67. The summed E-state index contributed by atoms with van der Waals surface area (Å²) in [5, 5.41) is 0.777. The molecule has 1 amide bonds. The zero-order valence-corrected chi connectivity index (χ0v) is 13.1. The summed E-state index contributed by atoms with van der Waals surface area (Å²) in [4.78, 5) is 31.2. The Morgan fingerprint density at radius 2 is 1.91 bits per heavy atom. The fraction of sp³-hybridized carbons (Fsp3) is 0.167. The number of hydrogen-bond acceptors (Lipinski definition) is 3. The first-order valence-electron chi connectivity index (χ1n) is 7.45. The van der Waals surface area contributed by atoms with Crippen LogP contribution in [0, 0.1) is 0 Å². The average Bonchev–Trinajstić information content (AvgIpc) is 2.61. The fourth-order valence-corrected chi connectivity index (χ4v) is 2.60. The standard InChI is InChI=1S/C18H17N3O2/c1-3-21-16-13(8-7-11-19-16)12-15(18(21)23)17(22)20(2)14-9-5-4-6-10-14/h4-12H,3H2,1-2H3. The maximum atomic E-state index is 12.8. The van der Waals surface area contributed by atoms with Gasteiger partial charge in [0.1, 0.15) is 11.2 Å². The van der Waals surface area contributed by atoms with E-state index < -0.39 is 0 Å². The fourth-order valence-electron chi connectivity index (χ4n) is 2.60. The number of aromatic nitrogens is 2. The van der Waals surface area contributed by atoms with Crippen molar-refractivity contribution in [2.24, 2.45) is 0 Å². The Bertz CT molecular complexity index is 916. The molecule has 116 valence electrons. The normalized spacial score (nSPS) is 10.7. The van der Waals surface area contributed by atoms with Gasteiger partial charge in [0.2, 0.25) is 0 Å². The molecule has 2 heterocycles. The van der Waals surface area contributed by atoms with Crippen LogP contribution < -0.4 is 10.5 Å². The van der Waals surface area contributed by atoms with E-state index in [0.29, 0.717) is 12.2 Å². The number of anilines is 1. The zero-order valence-electron chi connectivity index (χ0n) is 13.1. The number of fused-ring (bicyclic) bond motifs is 1. The summed E-state index contributed by atoms with van der Waals surface area (Å²) in [6, 6.07) is 14.5. The van der Waals surface area contributed by atoms with Crippen LogP contribution in [0.25, 0.3) is 11.0 Å². The third kappa shape index (κ3) is 2.61. The topological polar surface area (TPSA) is 55.2 Å². The summed E-state index contributed by atoms with van der Waals surface area (Å²) < 4.78 is 1.53. The molecule has 0 fully saturated rings. The van der Waals surface area contributed by atoms with Crippen molar-refractivity contribution in [2.75, 3.05) is 11.9 Å². The Labute approximate surface area is 133 Å². The van der Waals surface area contributed by atoms with E-state index >= 15 is 0 Å². The number of amides is 1. The van der Waals surface area contributed by atoms with E-state index in [9.17, 15) is 9.59 Å². The second-order valence-corrected chi connectivity index (χ2v) is 5.22. The van der Waals surface area contributed by atoms with Crippen LogP contribution in [-0.4, -0.2) is 22.5 Å². The van der Waals surface area contributed by atoms with Crippen LogP contribution >= 0.6 is 0 Å². The van der Waals surface area contributed by atoms with Gasteiger partial charge in [-0.15, -0.1) is 0 Å². The highest BCUT2D eigenvalue weighted by molar-refractivity contribution is 6.06. The Morgan fingerprint density at radius 1 is 1.17 bits per heavy atom. The molecule has 0 bridgehead atoms. The molecule has 2 aromatic heterocycles. The lowest BCUT2D eigenvalue weighted by molar-refractivity contribution is 0.0991. The molecule has 0 spiro atoms. The van der Waals surface area contributed by atoms with Gasteiger partial charge in [0.25, 0.3) is 11.5 Å². The Balaban J connectivity index is 2.14. The third-order valence-corrected chi connectivity index (χ3v) is 3.84. The molecule has 3 rings (SSSR count). The van der Waals surface area contributed by atoms with Crippen molar-refractivity contribution >= 4 is 22.6 Å². The smallest absolute Gasteiger partial charge is 0.265 e. The first-order valence-corrected chi connectivity index (χ1v) is 7.45. The maximum Gasteiger partial charge on any atom is 0.265 e. The van der Waals surface area contributed by atoms with Crippen LogP contribution in [0.3, 0.4) is 0 Å². The van der Waals surface area contributed by atoms with Crippen molar-refractivity contribution < 1.29 is 4.79 Å². The minimum Gasteiger partial charge on any atom is -0.311 e. The number of hydrogen-bond donors (Lipinski definition) is 0. The molecule has 23 heavy (non-hydrogen) atoms. The number of aryl methyl sites for hydroxylation is 1. The van der Waals surface area contributed by atoms with E-state index in [-0.39, 0.29) is 17.0 Å². The van der Waals surface area contributed by atoms with Crippen molar-refractivity contribution in [3.8, 4) is 0 Å². The van der Waals surface area contributed by atoms with Crippen LogP contribution in [0.2, 0.25) is 0 Å². The molecular weight excluding hydrogens is 290 g/mol. The Kier molecular flexibility index (Phi) is 3.93. The lowest BCUT2D eigenvalue weighted by atomic mass is 10.1. The van der Waals surface area contributed by atoms with Crippen LogP contribution in [0.5, 0.6) is 0 Å². The Morgan fingerprint density at radius 3 is 2.61 bits per heavy atom. The van der Waals surface area contributed by atoms with Crippen molar-refractivity contribution in [1.29, 1.82) is 0 Å². The number of nitrogens with zero attached hydrogens (tertiary/aromatic N) is 3. The lowest BCUT2D eigenvalue weighted by Crippen LogP contribution is -2.34. The summed E-state index contributed by atoms with van der Waals surface area (Å²) in [5.74, 6) is -0.325. The quantitative estimate of drug-likeness (QED) is 0.747. The molecule has 0 aliphatic carbocycles. The monoisotopic (exact) mass is 307 g/mol. The van der Waals surface area contributed by atoms with Gasteiger partial charge in [0, 0.05) is 30.9 Å². The van der Waals surface area contributed by atoms with E-state index in [1.165, 1.54) is 9.47 Å². The molecule has 0 aliphatic heterocycles. The molecule has 5 nitrogen and oxygen atoms in total. The van der Waals surface area contributed by atoms with E-state index in [2.05, 4.69) is 4.98 Å². The third-order valence-electron chi connectivity index (χ3n) is 3.84. The predicted octanol–water partition coefficient (Wildman–Crippen LogP) is 2.69. The molecular formula is C18H17N3O2. The van der Waals surface area contributed by atoms with Gasteiger partial charge < -0.3 is 4.90 Å². The summed E-state index contributed by atoms with van der Waals surface area (Å²) in [5.41, 5.74) is 1.18. The van der Waals surface area contributed by atoms with Crippen LogP contribution in [-0.2, 0) is 6.54 Å². The molecule has 5 heteroatoms. The van der Waals surface area contributed by atoms with Gasteiger partial charge in [-0.25, -0.2) is 4.98 Å². The predicted molar refractivity (Wildman–Crippen MR) is 90.9 cm³/mol. The minimum atomic E-state index is -0.325. The number of carbonyl (C=O) groups excluding carboxylic acids is 1. The lowest BCUT2D eigenvalue weighted by Gasteiger charge is -2.18. The van der Waals surface area contributed by atoms with Gasteiger partial charge in [0.15, 0.2) is 0 Å². The van der Waals surface area contributed by atoms with Crippen molar-refractivity contribution in [2.45, 2.75) is 13.5 Å². The Hall–Kier alpha value is -2.95. The highest BCUT2D eigenvalue weighted by Crippen LogP contribution is 2.16. The summed E-state index contributed by atoms with van der Waals surface area (Å²) in [6.07, 6.45) is 1.64. The van der Waals surface area contributed by atoms with E-state index in [1.54, 1.807) is 25.4 Å². The van der Waals surface area contributed by atoms with Gasteiger partial charge in [-0.1, -0.05) is 18.2 Å². The molecule has 1 aromatic carbocycles. The van der Waals surface area contributed by atoms with Gasteiger partial charge in [-0.3, -0.25) is 14.2 Å². The van der Waals surface area contributed by atoms with E-state index in [1.807, 2.05) is 43.3 Å². The SMILES string of the molecule is CCn1c(=O)c(C(=O)N(C)c2ccccc2)cc2cccnc21. The number of para-hydroxylation sites is 1. The average molecular weight is 307 g/mol. The van der Waals surface area contributed by atoms with Gasteiger partial charge in [-0.05, 0) is 37.3 Å². The van der Waals surface area contributed by atoms with Gasteiger partial charge >= 0.3 is 0 Å². The molecule has 0 unspecified atom stereocenters. The molecule has 0 N–H and O–H groups in total. The van der Waals surface area contributed by atoms with Crippen LogP contribution in [0.15, 0.2) is 59.5 Å². The zero-order chi connectivity index (χ0) is 16.4. The molecule has 0 atom stereocenters. The number of carbonyl (C=O) groups is 1. The molecule has 0 aliphatic rings. The van der Waals surface area contributed by atoms with E-state index in [4.69, 9.17) is 0 Å². The number of benzene rings is 1. The first-order chi connectivity index (χ1) is 11.1. The first kappa shape index (κ1) is 15.0. The van der Waals surface area contributed by atoms with Gasteiger partial charge in [0.05, 0.1) is 0 Å². The number of pyridine rings is 2.